The molecule has 1 heterocycles. The highest BCUT2D eigenvalue weighted by Gasteiger charge is 2.36. The minimum Gasteiger partial charge on any atom is -0.492 e. The monoisotopic (exact) mass is 580 g/mol. The molecule has 8 heteroatoms. The molecule has 0 aromatic heterocycles. The van der Waals surface area contributed by atoms with Crippen molar-refractivity contribution in [3.63, 3.8) is 0 Å². The third-order valence-electron chi connectivity index (χ3n) is 6.54. The Bertz CT molecular complexity index is 1290. The van der Waals surface area contributed by atoms with E-state index >= 15 is 0 Å². The van der Waals surface area contributed by atoms with Crippen molar-refractivity contribution in [2.75, 3.05) is 13.2 Å². The van der Waals surface area contributed by atoms with Gasteiger partial charge in [-0.1, -0.05) is 81.3 Å². The molecule has 0 fully saturated rings. The van der Waals surface area contributed by atoms with Gasteiger partial charge >= 0.3 is 0 Å². The number of benzene rings is 2. The Labute approximate surface area is 245 Å². The summed E-state index contributed by atoms with van der Waals surface area (Å²) in [6.07, 6.45) is 9.10. The van der Waals surface area contributed by atoms with Crippen molar-refractivity contribution in [1.29, 1.82) is 0 Å². The fraction of sp³-hybridized carbons (Fsp3) is 0.375. The molecule has 5 rings (SSSR count). The van der Waals surface area contributed by atoms with E-state index in [9.17, 15) is 19.2 Å². The Hall–Kier alpha value is -2.94. The van der Waals surface area contributed by atoms with Gasteiger partial charge in [0.15, 0.2) is 0 Å². The summed E-state index contributed by atoms with van der Waals surface area (Å²) in [6, 6.07) is 14.3. The SMILES string of the molecule is CCCC(S)CCO.CCCC1CCOC2=C(S1)C(=O)C(=O)c1ccccc12.O=C1C=Cc2ccccc2C1=O. The molecule has 2 unspecified atom stereocenters. The van der Waals surface area contributed by atoms with Crippen LogP contribution in [-0.4, -0.2) is 52.0 Å². The molecule has 3 aliphatic rings. The Kier molecular flexibility index (Phi) is 12.4. The number of ketones is 4. The number of allylic oxidation sites excluding steroid dienone is 2. The summed E-state index contributed by atoms with van der Waals surface area (Å²) in [7, 11) is 0. The van der Waals surface area contributed by atoms with Gasteiger partial charge in [0.1, 0.15) is 10.7 Å². The van der Waals surface area contributed by atoms with Gasteiger partial charge in [-0.3, -0.25) is 19.2 Å². The molecule has 2 aromatic rings. The van der Waals surface area contributed by atoms with Gasteiger partial charge in [-0.25, -0.2) is 0 Å². The lowest BCUT2D eigenvalue weighted by molar-refractivity contribution is -0.111. The molecule has 0 bridgehead atoms. The van der Waals surface area contributed by atoms with E-state index in [1.54, 1.807) is 30.3 Å². The molecule has 2 aromatic carbocycles. The molecule has 0 spiro atoms. The summed E-state index contributed by atoms with van der Waals surface area (Å²) in [6.45, 7) is 5.13. The fourth-order valence-corrected chi connectivity index (χ4v) is 6.22. The van der Waals surface area contributed by atoms with Crippen LogP contribution in [0.1, 0.15) is 84.2 Å². The lowest BCUT2D eigenvalue weighted by Gasteiger charge is -2.19. The highest BCUT2D eigenvalue weighted by Crippen LogP contribution is 2.41. The van der Waals surface area contributed by atoms with Crippen molar-refractivity contribution in [2.24, 2.45) is 0 Å². The number of thioether (sulfide) groups is 1. The van der Waals surface area contributed by atoms with E-state index in [1.165, 1.54) is 17.8 Å². The second kappa shape index (κ2) is 15.7. The van der Waals surface area contributed by atoms with Gasteiger partial charge in [0.25, 0.3) is 0 Å². The van der Waals surface area contributed by atoms with Crippen LogP contribution in [-0.2, 0) is 14.3 Å². The van der Waals surface area contributed by atoms with Crippen LogP contribution in [0.15, 0.2) is 59.5 Å². The zero-order chi connectivity index (χ0) is 29.1. The summed E-state index contributed by atoms with van der Waals surface area (Å²) in [4.78, 5) is 47.2. The minimum atomic E-state index is -0.436. The van der Waals surface area contributed by atoms with Crippen LogP contribution in [0, 0.1) is 0 Å². The molecular formula is C32H36O6S2. The fourth-order valence-electron chi connectivity index (χ4n) is 4.47. The molecule has 2 atom stereocenters. The smallest absolute Gasteiger partial charge is 0.243 e. The normalized spacial score (nSPS) is 18.1. The van der Waals surface area contributed by atoms with Gasteiger partial charge in [-0.15, -0.1) is 11.8 Å². The number of thiol groups is 1. The number of carbonyl (C=O) groups excluding carboxylic acids is 4. The predicted octanol–water partition coefficient (Wildman–Crippen LogP) is 6.38. The van der Waals surface area contributed by atoms with Crippen LogP contribution in [0.2, 0.25) is 0 Å². The van der Waals surface area contributed by atoms with E-state index in [0.29, 0.717) is 38.9 Å². The third-order valence-corrected chi connectivity index (χ3v) is 8.47. The molecule has 40 heavy (non-hydrogen) atoms. The predicted molar refractivity (Wildman–Crippen MR) is 164 cm³/mol. The summed E-state index contributed by atoms with van der Waals surface area (Å²) in [5.41, 5.74) is 2.55. The van der Waals surface area contributed by atoms with Crippen molar-refractivity contribution < 1.29 is 29.0 Å². The molecular weight excluding hydrogens is 544 g/mol. The van der Waals surface area contributed by atoms with Crippen molar-refractivity contribution in [3.05, 3.63) is 81.8 Å². The number of Topliss-reactive ketones (excluding diaryl/α,β-unsaturated/α-hetero) is 3. The molecule has 212 valence electrons. The molecule has 0 saturated carbocycles. The highest BCUT2D eigenvalue weighted by molar-refractivity contribution is 8.04. The van der Waals surface area contributed by atoms with E-state index in [1.807, 2.05) is 24.3 Å². The number of aliphatic hydroxyl groups is 1. The van der Waals surface area contributed by atoms with Gasteiger partial charge in [-0.2, -0.15) is 12.6 Å². The Morgan fingerprint density at radius 3 is 2.23 bits per heavy atom. The van der Waals surface area contributed by atoms with E-state index in [0.717, 1.165) is 49.7 Å². The molecule has 0 saturated heterocycles. The Morgan fingerprint density at radius 1 is 0.875 bits per heavy atom. The lowest BCUT2D eigenvalue weighted by atomic mass is 9.94. The molecule has 0 amide bonds. The molecule has 1 aliphatic heterocycles. The minimum absolute atomic E-state index is 0.272. The topological polar surface area (TPSA) is 97.7 Å². The van der Waals surface area contributed by atoms with Crippen LogP contribution in [0.5, 0.6) is 0 Å². The van der Waals surface area contributed by atoms with Gasteiger partial charge in [0.2, 0.25) is 23.1 Å². The first kappa shape index (κ1) is 31.6. The van der Waals surface area contributed by atoms with Crippen LogP contribution in [0.4, 0.5) is 0 Å². The first-order valence-electron chi connectivity index (χ1n) is 13.7. The molecule has 0 radical (unpaired) electrons. The summed E-state index contributed by atoms with van der Waals surface area (Å²) in [5.74, 6) is -1.06. The molecule has 2 aliphatic carbocycles. The van der Waals surface area contributed by atoms with E-state index < -0.39 is 23.1 Å². The molecule has 1 N–H and O–H groups in total. The van der Waals surface area contributed by atoms with Gasteiger partial charge < -0.3 is 9.84 Å². The first-order chi connectivity index (χ1) is 19.3. The van der Waals surface area contributed by atoms with Crippen molar-refractivity contribution in [1.82, 2.24) is 0 Å². The summed E-state index contributed by atoms with van der Waals surface area (Å²) >= 11 is 5.75. The highest BCUT2D eigenvalue weighted by atomic mass is 32.2. The average molecular weight is 581 g/mol. The largest absolute Gasteiger partial charge is 0.492 e. The quantitative estimate of drug-likeness (QED) is 0.302. The number of fused-ring (bicyclic) bond motifs is 3. The average Bonchev–Trinajstić information content (AvgIpc) is 3.18. The summed E-state index contributed by atoms with van der Waals surface area (Å²) in [5, 5.41) is 9.18. The van der Waals surface area contributed by atoms with Crippen LogP contribution >= 0.6 is 24.4 Å². The van der Waals surface area contributed by atoms with E-state index in [4.69, 9.17) is 9.84 Å². The zero-order valence-electron chi connectivity index (χ0n) is 22.9. The zero-order valence-corrected chi connectivity index (χ0v) is 24.6. The Balaban J connectivity index is 0.000000187. The molecule has 6 nitrogen and oxygen atoms in total. The van der Waals surface area contributed by atoms with Crippen molar-refractivity contribution >= 4 is 59.4 Å². The van der Waals surface area contributed by atoms with Crippen LogP contribution in [0.3, 0.4) is 0 Å². The van der Waals surface area contributed by atoms with Crippen molar-refractivity contribution in [2.45, 2.75) is 62.9 Å². The summed E-state index contributed by atoms with van der Waals surface area (Å²) < 4.78 is 5.81. The Morgan fingerprint density at radius 2 is 1.55 bits per heavy atom. The second-order valence-corrected chi connectivity index (χ2v) is 11.6. The lowest BCUT2D eigenvalue weighted by Crippen LogP contribution is -2.23. The van der Waals surface area contributed by atoms with E-state index in [-0.39, 0.29) is 6.61 Å². The number of aliphatic hydroxyl groups excluding tert-OH is 1. The number of hydrogen-bond donors (Lipinski definition) is 2. The first-order valence-corrected chi connectivity index (χ1v) is 15.1. The number of rotatable bonds is 6. The van der Waals surface area contributed by atoms with Crippen LogP contribution in [0.25, 0.3) is 11.8 Å². The standard InChI is InChI=1S/C16H16O3S.C10H6O2.C6H14OS/c1-2-5-10-8-9-19-15-12-7-4-3-6-11(12)13(17)14(18)16(15)20-10;11-9-6-5-7-3-1-2-4-8(7)10(9)12;1-2-3-6(8)4-5-7/h3-4,6-7,10H,2,5,8-9H2,1H3;1-6H;6-8H,2-5H2,1H3. The third kappa shape index (κ3) is 8.05. The maximum Gasteiger partial charge on any atom is 0.243 e. The van der Waals surface area contributed by atoms with E-state index in [2.05, 4.69) is 26.5 Å². The van der Waals surface area contributed by atoms with Gasteiger partial charge in [0.05, 0.1) is 6.61 Å². The number of hydrogen-bond acceptors (Lipinski definition) is 8. The van der Waals surface area contributed by atoms with Crippen molar-refractivity contribution in [3.8, 4) is 0 Å². The van der Waals surface area contributed by atoms with Gasteiger partial charge in [0, 0.05) is 33.8 Å². The second-order valence-electron chi connectivity index (χ2n) is 9.60. The maximum absolute atomic E-state index is 12.3. The number of ether oxygens (including phenoxy) is 1. The number of carbonyl (C=O) groups is 4. The maximum atomic E-state index is 12.3. The van der Waals surface area contributed by atoms with Crippen LogP contribution < -0.4 is 0 Å². The van der Waals surface area contributed by atoms with Gasteiger partial charge in [-0.05, 0) is 37.3 Å².